The van der Waals surface area contributed by atoms with Gasteiger partial charge in [-0.2, -0.15) is 0 Å². The number of piperidine rings is 1. The lowest BCUT2D eigenvalue weighted by Crippen LogP contribution is -2.36. The first-order valence-corrected chi connectivity index (χ1v) is 8.39. The Morgan fingerprint density at radius 1 is 1.17 bits per heavy atom. The third kappa shape index (κ3) is 2.58. The molecule has 2 N–H and O–H groups in total. The van der Waals surface area contributed by atoms with Crippen LogP contribution in [-0.4, -0.2) is 32.6 Å². The zero-order valence-corrected chi connectivity index (χ0v) is 14.1. The Balaban J connectivity index is 1.65. The molecule has 1 aromatic carbocycles. The summed E-state index contributed by atoms with van der Waals surface area (Å²) in [5, 5.41) is 0. The second-order valence-electron chi connectivity index (χ2n) is 6.50. The minimum Gasteiger partial charge on any atom is -0.384 e. The fourth-order valence-corrected chi connectivity index (χ4v) is 3.66. The van der Waals surface area contributed by atoms with Crippen molar-refractivity contribution < 1.29 is 0 Å². The van der Waals surface area contributed by atoms with Crippen molar-refractivity contribution in [2.24, 2.45) is 7.05 Å². The van der Waals surface area contributed by atoms with Gasteiger partial charge in [-0.25, -0.2) is 15.0 Å². The van der Waals surface area contributed by atoms with Crippen molar-refractivity contribution in [3.05, 3.63) is 42.0 Å². The number of para-hydroxylation sites is 2. The monoisotopic (exact) mass is 322 g/mol. The van der Waals surface area contributed by atoms with Crippen LogP contribution in [0, 0.1) is 6.92 Å². The van der Waals surface area contributed by atoms with E-state index in [0.29, 0.717) is 11.7 Å². The zero-order valence-electron chi connectivity index (χ0n) is 14.1. The Kier molecular flexibility index (Phi) is 3.59. The predicted molar refractivity (Wildman–Crippen MR) is 96.1 cm³/mol. The predicted octanol–water partition coefficient (Wildman–Crippen LogP) is 2.64. The van der Waals surface area contributed by atoms with Gasteiger partial charge in [0.15, 0.2) is 0 Å². The van der Waals surface area contributed by atoms with Gasteiger partial charge in [0.05, 0.1) is 11.0 Å². The smallest absolute Gasteiger partial charge is 0.134 e. The van der Waals surface area contributed by atoms with Crippen LogP contribution in [0.5, 0.6) is 0 Å². The molecule has 0 amide bonds. The molecule has 0 spiro atoms. The number of fused-ring (bicyclic) bond motifs is 1. The number of nitrogens with zero attached hydrogens (tertiary/aromatic N) is 5. The first kappa shape index (κ1) is 14.9. The number of benzene rings is 1. The summed E-state index contributed by atoms with van der Waals surface area (Å²) >= 11 is 0. The van der Waals surface area contributed by atoms with Gasteiger partial charge in [0.1, 0.15) is 23.3 Å². The molecular formula is C18H22N6. The summed E-state index contributed by atoms with van der Waals surface area (Å²) in [6.07, 6.45) is 2.27. The average molecular weight is 322 g/mol. The standard InChI is InChI=1S/C18H22N6/c1-12-20-16(19)10-17(21-12)24-9-5-6-13(11-24)18-22-14-7-3-4-8-15(14)23(18)2/h3-4,7-8,10,13H,5-6,9,11H2,1-2H3,(H2,19,20,21). The number of imidazole rings is 1. The molecule has 1 aliphatic rings. The normalized spacial score (nSPS) is 18.2. The van der Waals surface area contributed by atoms with E-state index in [4.69, 9.17) is 10.7 Å². The van der Waals surface area contributed by atoms with Crippen molar-refractivity contribution in [3.63, 3.8) is 0 Å². The molecule has 1 unspecified atom stereocenters. The van der Waals surface area contributed by atoms with Crippen LogP contribution in [0.1, 0.15) is 30.4 Å². The number of nitrogens with two attached hydrogens (primary N) is 1. The number of aryl methyl sites for hydroxylation is 2. The number of hydrogen-bond donors (Lipinski definition) is 1. The van der Waals surface area contributed by atoms with E-state index in [1.54, 1.807) is 0 Å². The van der Waals surface area contributed by atoms with Gasteiger partial charge < -0.3 is 15.2 Å². The van der Waals surface area contributed by atoms with Crippen LogP contribution < -0.4 is 10.6 Å². The highest BCUT2D eigenvalue weighted by molar-refractivity contribution is 5.75. The summed E-state index contributed by atoms with van der Waals surface area (Å²) in [6, 6.07) is 10.2. The Bertz CT molecular complexity index is 864. The van der Waals surface area contributed by atoms with Crippen LogP contribution in [0.15, 0.2) is 30.3 Å². The summed E-state index contributed by atoms with van der Waals surface area (Å²) in [5.74, 6) is 3.72. The van der Waals surface area contributed by atoms with Crippen molar-refractivity contribution in [1.82, 2.24) is 19.5 Å². The number of anilines is 2. The lowest BCUT2D eigenvalue weighted by molar-refractivity contribution is 0.480. The van der Waals surface area contributed by atoms with Gasteiger partial charge >= 0.3 is 0 Å². The molecule has 6 nitrogen and oxygen atoms in total. The lowest BCUT2D eigenvalue weighted by atomic mass is 9.97. The Morgan fingerprint density at radius 3 is 2.79 bits per heavy atom. The van der Waals surface area contributed by atoms with E-state index in [9.17, 15) is 0 Å². The van der Waals surface area contributed by atoms with Gasteiger partial charge in [-0.3, -0.25) is 0 Å². The Morgan fingerprint density at radius 2 is 2.00 bits per heavy atom. The maximum Gasteiger partial charge on any atom is 0.134 e. The van der Waals surface area contributed by atoms with Gasteiger partial charge in [-0.15, -0.1) is 0 Å². The van der Waals surface area contributed by atoms with E-state index < -0.39 is 0 Å². The van der Waals surface area contributed by atoms with E-state index in [2.05, 4.69) is 44.7 Å². The van der Waals surface area contributed by atoms with Crippen molar-refractivity contribution in [1.29, 1.82) is 0 Å². The van der Waals surface area contributed by atoms with E-state index in [0.717, 1.165) is 48.9 Å². The largest absolute Gasteiger partial charge is 0.384 e. The van der Waals surface area contributed by atoms with Crippen LogP contribution in [0.3, 0.4) is 0 Å². The summed E-state index contributed by atoms with van der Waals surface area (Å²) in [4.78, 5) is 15.9. The van der Waals surface area contributed by atoms with Gasteiger partial charge in [0, 0.05) is 32.1 Å². The maximum atomic E-state index is 5.89. The molecule has 1 saturated heterocycles. The van der Waals surface area contributed by atoms with Crippen molar-refractivity contribution in [2.75, 3.05) is 23.7 Å². The fraction of sp³-hybridized carbons (Fsp3) is 0.389. The van der Waals surface area contributed by atoms with Crippen molar-refractivity contribution in [2.45, 2.75) is 25.7 Å². The molecular weight excluding hydrogens is 300 g/mol. The van der Waals surface area contributed by atoms with E-state index >= 15 is 0 Å². The molecule has 6 heteroatoms. The summed E-state index contributed by atoms with van der Waals surface area (Å²) in [5.41, 5.74) is 8.14. The molecule has 0 radical (unpaired) electrons. The van der Waals surface area contributed by atoms with Crippen LogP contribution in [0.4, 0.5) is 11.6 Å². The highest BCUT2D eigenvalue weighted by atomic mass is 15.2. The zero-order chi connectivity index (χ0) is 16.7. The Hall–Kier alpha value is -2.63. The van der Waals surface area contributed by atoms with Gasteiger partial charge in [-0.1, -0.05) is 12.1 Å². The van der Waals surface area contributed by atoms with E-state index in [-0.39, 0.29) is 0 Å². The second-order valence-corrected chi connectivity index (χ2v) is 6.50. The minimum atomic E-state index is 0.396. The number of aromatic nitrogens is 4. The van der Waals surface area contributed by atoms with Crippen molar-refractivity contribution >= 4 is 22.7 Å². The molecule has 124 valence electrons. The Labute approximate surface area is 141 Å². The number of hydrogen-bond acceptors (Lipinski definition) is 5. The quantitative estimate of drug-likeness (QED) is 0.785. The van der Waals surface area contributed by atoms with Crippen LogP contribution in [0.2, 0.25) is 0 Å². The molecule has 3 aromatic rings. The highest BCUT2D eigenvalue weighted by Gasteiger charge is 2.26. The lowest BCUT2D eigenvalue weighted by Gasteiger charge is -2.33. The molecule has 2 aromatic heterocycles. The maximum absolute atomic E-state index is 5.89. The van der Waals surface area contributed by atoms with E-state index in [1.807, 2.05) is 19.1 Å². The van der Waals surface area contributed by atoms with Crippen molar-refractivity contribution in [3.8, 4) is 0 Å². The fourth-order valence-electron chi connectivity index (χ4n) is 3.66. The first-order chi connectivity index (χ1) is 11.6. The van der Waals surface area contributed by atoms with Crippen LogP contribution >= 0.6 is 0 Å². The van der Waals surface area contributed by atoms with Crippen LogP contribution in [-0.2, 0) is 7.05 Å². The highest BCUT2D eigenvalue weighted by Crippen LogP contribution is 2.30. The number of rotatable bonds is 2. The van der Waals surface area contributed by atoms with Crippen LogP contribution in [0.25, 0.3) is 11.0 Å². The topological polar surface area (TPSA) is 72.9 Å². The summed E-state index contributed by atoms with van der Waals surface area (Å²) in [6.45, 7) is 3.79. The molecule has 0 aliphatic carbocycles. The van der Waals surface area contributed by atoms with Gasteiger partial charge in [0.2, 0.25) is 0 Å². The van der Waals surface area contributed by atoms with Gasteiger partial charge in [-0.05, 0) is 31.9 Å². The summed E-state index contributed by atoms with van der Waals surface area (Å²) in [7, 11) is 2.11. The third-order valence-corrected chi connectivity index (χ3v) is 4.78. The molecule has 4 rings (SSSR count). The van der Waals surface area contributed by atoms with Gasteiger partial charge in [0.25, 0.3) is 0 Å². The second kappa shape index (κ2) is 5.78. The third-order valence-electron chi connectivity index (χ3n) is 4.78. The molecule has 0 bridgehead atoms. The van der Waals surface area contributed by atoms with E-state index in [1.165, 1.54) is 5.52 Å². The summed E-state index contributed by atoms with van der Waals surface area (Å²) < 4.78 is 2.23. The molecule has 1 fully saturated rings. The molecule has 1 aliphatic heterocycles. The SMILES string of the molecule is Cc1nc(N)cc(N2CCCC(c3nc4ccccc4n3C)C2)n1. The molecule has 24 heavy (non-hydrogen) atoms. The average Bonchev–Trinajstić information content (AvgIpc) is 2.92. The molecule has 0 saturated carbocycles. The first-order valence-electron chi connectivity index (χ1n) is 8.39. The molecule has 1 atom stereocenters. The number of nitrogen functional groups attached to an aromatic ring is 1. The molecule has 3 heterocycles. The minimum absolute atomic E-state index is 0.396.